The molecular formula is C13H22N4O2. The number of nitrogens with zero attached hydrogens (tertiary/aromatic N) is 4. The summed E-state index contributed by atoms with van der Waals surface area (Å²) in [5, 5.41) is 7.99. The van der Waals surface area contributed by atoms with Crippen molar-refractivity contribution in [1.29, 1.82) is 0 Å². The maximum absolute atomic E-state index is 11.9. The highest BCUT2D eigenvalue weighted by molar-refractivity contribution is 5.78. The van der Waals surface area contributed by atoms with Gasteiger partial charge in [-0.3, -0.25) is 9.69 Å². The molecule has 106 valence electrons. The lowest BCUT2D eigenvalue weighted by Gasteiger charge is -2.31. The van der Waals surface area contributed by atoms with Gasteiger partial charge in [0.15, 0.2) is 0 Å². The molecule has 1 saturated heterocycles. The van der Waals surface area contributed by atoms with E-state index in [1.54, 1.807) is 4.90 Å². The Balaban J connectivity index is 1.81. The molecule has 1 fully saturated rings. The lowest BCUT2D eigenvalue weighted by molar-refractivity contribution is -0.134. The molecule has 2 rings (SSSR count). The molecule has 0 saturated carbocycles. The molecule has 6 heteroatoms. The lowest BCUT2D eigenvalue weighted by atomic mass is 9.95. The first-order valence-corrected chi connectivity index (χ1v) is 6.85. The summed E-state index contributed by atoms with van der Waals surface area (Å²) in [6.07, 6.45) is 2.59. The van der Waals surface area contributed by atoms with Crippen LogP contribution in [0.25, 0.3) is 0 Å². The normalized spacial score (nSPS) is 17.6. The zero-order chi connectivity index (χ0) is 13.8. The average Bonchev–Trinajstić information content (AvgIpc) is 2.86. The first kappa shape index (κ1) is 14.0. The van der Waals surface area contributed by atoms with Gasteiger partial charge in [0.25, 0.3) is 0 Å². The fraction of sp³-hybridized carbons (Fsp3) is 0.769. The molecule has 0 aromatic carbocycles. The number of amides is 1. The van der Waals surface area contributed by atoms with Gasteiger partial charge in [0.1, 0.15) is 0 Å². The molecule has 0 atom stereocenters. The second kappa shape index (κ2) is 6.14. The number of hydrogen-bond donors (Lipinski definition) is 0. The topological polar surface area (TPSA) is 62.5 Å². The molecule has 1 aliphatic rings. The molecule has 1 amide bonds. The van der Waals surface area contributed by atoms with Crippen LogP contribution in [0.2, 0.25) is 0 Å². The molecular weight excluding hydrogens is 244 g/mol. The Morgan fingerprint density at radius 1 is 1.32 bits per heavy atom. The molecule has 1 aliphatic heterocycles. The van der Waals surface area contributed by atoms with Gasteiger partial charge in [-0.1, -0.05) is 6.92 Å². The first-order valence-electron chi connectivity index (χ1n) is 6.85. The van der Waals surface area contributed by atoms with Crippen molar-refractivity contribution in [2.75, 3.05) is 27.2 Å². The number of piperidine rings is 1. The minimum Gasteiger partial charge on any atom is -0.424 e. The molecule has 19 heavy (non-hydrogen) atoms. The smallest absolute Gasteiger partial charge is 0.230 e. The number of rotatable bonds is 4. The van der Waals surface area contributed by atoms with Gasteiger partial charge in [-0.15, -0.1) is 10.2 Å². The number of carbonyl (C=O) groups is 1. The van der Waals surface area contributed by atoms with Crippen molar-refractivity contribution >= 4 is 5.91 Å². The highest BCUT2D eigenvalue weighted by atomic mass is 16.4. The molecule has 0 aliphatic carbocycles. The van der Waals surface area contributed by atoms with E-state index in [-0.39, 0.29) is 11.8 Å². The van der Waals surface area contributed by atoms with Crippen molar-refractivity contribution in [3.63, 3.8) is 0 Å². The summed E-state index contributed by atoms with van der Waals surface area (Å²) in [7, 11) is 3.64. The fourth-order valence-electron chi connectivity index (χ4n) is 2.39. The van der Waals surface area contributed by atoms with E-state index in [1.165, 1.54) is 0 Å². The molecule has 0 bridgehead atoms. The number of hydrogen-bond acceptors (Lipinski definition) is 5. The van der Waals surface area contributed by atoms with E-state index in [4.69, 9.17) is 4.42 Å². The summed E-state index contributed by atoms with van der Waals surface area (Å²) in [6, 6.07) is 0. The number of carbonyl (C=O) groups excluding carboxylic acids is 1. The SMILES string of the molecule is CCc1nnc(CN2CCC(C(=O)N(C)C)CC2)o1. The number of aryl methyl sites for hydroxylation is 1. The monoisotopic (exact) mass is 266 g/mol. The third-order valence-corrected chi connectivity index (χ3v) is 3.55. The average molecular weight is 266 g/mol. The Morgan fingerprint density at radius 2 is 1.95 bits per heavy atom. The van der Waals surface area contributed by atoms with E-state index in [0.29, 0.717) is 18.3 Å². The second-order valence-corrected chi connectivity index (χ2v) is 5.23. The van der Waals surface area contributed by atoms with Crippen LogP contribution in [0.5, 0.6) is 0 Å². The van der Waals surface area contributed by atoms with Crippen molar-refractivity contribution < 1.29 is 9.21 Å². The van der Waals surface area contributed by atoms with Crippen LogP contribution in [0.1, 0.15) is 31.5 Å². The minimum absolute atomic E-state index is 0.167. The maximum atomic E-state index is 11.9. The van der Waals surface area contributed by atoms with Gasteiger partial charge in [-0.25, -0.2) is 0 Å². The van der Waals surface area contributed by atoms with Crippen molar-refractivity contribution in [2.24, 2.45) is 5.92 Å². The molecule has 1 aromatic rings. The van der Waals surface area contributed by atoms with Crippen LogP contribution >= 0.6 is 0 Å². The molecule has 1 aromatic heterocycles. The standard InChI is InChI=1S/C13H22N4O2/c1-4-11-14-15-12(19-11)9-17-7-5-10(6-8-17)13(18)16(2)3/h10H,4-9H2,1-3H3. The van der Waals surface area contributed by atoms with Gasteiger partial charge in [0.2, 0.25) is 17.7 Å². The van der Waals surface area contributed by atoms with E-state index in [1.807, 2.05) is 21.0 Å². The zero-order valence-electron chi connectivity index (χ0n) is 11.9. The van der Waals surface area contributed by atoms with Crippen molar-refractivity contribution in [3.8, 4) is 0 Å². The fourth-order valence-corrected chi connectivity index (χ4v) is 2.39. The van der Waals surface area contributed by atoms with E-state index in [0.717, 1.165) is 32.4 Å². The van der Waals surface area contributed by atoms with Gasteiger partial charge < -0.3 is 9.32 Å². The summed E-state index contributed by atoms with van der Waals surface area (Å²) in [6.45, 7) is 4.51. The molecule has 0 spiro atoms. The van der Waals surface area contributed by atoms with Crippen molar-refractivity contribution in [1.82, 2.24) is 20.0 Å². The number of aromatic nitrogens is 2. The van der Waals surface area contributed by atoms with Crippen LogP contribution in [0, 0.1) is 5.92 Å². The van der Waals surface area contributed by atoms with Crippen molar-refractivity contribution in [3.05, 3.63) is 11.8 Å². The van der Waals surface area contributed by atoms with Gasteiger partial charge >= 0.3 is 0 Å². The molecule has 0 N–H and O–H groups in total. The molecule has 2 heterocycles. The third kappa shape index (κ3) is 3.53. The van der Waals surface area contributed by atoms with E-state index >= 15 is 0 Å². The molecule has 0 radical (unpaired) electrons. The Hall–Kier alpha value is -1.43. The Labute approximate surface area is 113 Å². The number of likely N-dealkylation sites (tertiary alicyclic amines) is 1. The predicted molar refractivity (Wildman–Crippen MR) is 70.4 cm³/mol. The summed E-state index contributed by atoms with van der Waals surface area (Å²) >= 11 is 0. The first-order chi connectivity index (χ1) is 9.10. The van der Waals surface area contributed by atoms with E-state index in [2.05, 4.69) is 15.1 Å². The third-order valence-electron chi connectivity index (χ3n) is 3.55. The summed E-state index contributed by atoms with van der Waals surface area (Å²) in [5.74, 6) is 1.77. The van der Waals surface area contributed by atoms with Crippen molar-refractivity contribution in [2.45, 2.75) is 32.7 Å². The lowest BCUT2D eigenvalue weighted by Crippen LogP contribution is -2.39. The van der Waals surface area contributed by atoms with E-state index in [9.17, 15) is 4.79 Å². The van der Waals surface area contributed by atoms with Crippen LogP contribution < -0.4 is 0 Å². The summed E-state index contributed by atoms with van der Waals surface area (Å²) in [4.78, 5) is 15.8. The second-order valence-electron chi connectivity index (χ2n) is 5.23. The largest absolute Gasteiger partial charge is 0.424 e. The maximum Gasteiger partial charge on any atom is 0.230 e. The molecule has 6 nitrogen and oxygen atoms in total. The van der Waals surface area contributed by atoms with Gasteiger partial charge in [0, 0.05) is 26.4 Å². The van der Waals surface area contributed by atoms with Crippen LogP contribution in [0.3, 0.4) is 0 Å². The van der Waals surface area contributed by atoms with Crippen LogP contribution in [0.15, 0.2) is 4.42 Å². The van der Waals surface area contributed by atoms with Crippen LogP contribution in [-0.4, -0.2) is 53.1 Å². The van der Waals surface area contributed by atoms with Gasteiger partial charge in [-0.05, 0) is 25.9 Å². The summed E-state index contributed by atoms with van der Waals surface area (Å²) in [5.41, 5.74) is 0. The Kier molecular flexibility index (Phi) is 4.52. The Morgan fingerprint density at radius 3 is 2.47 bits per heavy atom. The zero-order valence-corrected chi connectivity index (χ0v) is 11.9. The Bertz CT molecular complexity index is 422. The highest BCUT2D eigenvalue weighted by Crippen LogP contribution is 2.20. The van der Waals surface area contributed by atoms with Crippen LogP contribution in [0.4, 0.5) is 0 Å². The highest BCUT2D eigenvalue weighted by Gasteiger charge is 2.26. The van der Waals surface area contributed by atoms with Gasteiger partial charge in [0.05, 0.1) is 6.54 Å². The molecule has 0 unspecified atom stereocenters. The van der Waals surface area contributed by atoms with Crippen LogP contribution in [-0.2, 0) is 17.8 Å². The van der Waals surface area contributed by atoms with E-state index < -0.39 is 0 Å². The predicted octanol–water partition coefficient (Wildman–Crippen LogP) is 0.932. The van der Waals surface area contributed by atoms with Gasteiger partial charge in [-0.2, -0.15) is 0 Å². The summed E-state index contributed by atoms with van der Waals surface area (Å²) < 4.78 is 5.51. The minimum atomic E-state index is 0.167. The quantitative estimate of drug-likeness (QED) is 0.811.